The Morgan fingerprint density at radius 3 is 2.65 bits per heavy atom. The van der Waals surface area contributed by atoms with Gasteiger partial charge in [-0.05, 0) is 24.0 Å². The van der Waals surface area contributed by atoms with Gasteiger partial charge in [0.05, 0.1) is 24.4 Å². The maximum Gasteiger partial charge on any atom is 0.217 e. The van der Waals surface area contributed by atoms with E-state index in [1.165, 1.54) is 12.1 Å². The zero-order valence-corrected chi connectivity index (χ0v) is 11.9. The minimum atomic E-state index is -0.406. The van der Waals surface area contributed by atoms with Gasteiger partial charge in [0.1, 0.15) is 5.82 Å². The number of hydrogen-bond donors (Lipinski definition) is 0. The van der Waals surface area contributed by atoms with Crippen molar-refractivity contribution in [3.8, 4) is 0 Å². The molecule has 2 heterocycles. The summed E-state index contributed by atoms with van der Waals surface area (Å²) in [7, 11) is 0. The number of hydrogen-bond acceptors (Lipinski definition) is 4. The summed E-state index contributed by atoms with van der Waals surface area (Å²) >= 11 is 1.61. The van der Waals surface area contributed by atoms with Crippen molar-refractivity contribution in [3.05, 3.63) is 47.7 Å². The molecule has 20 heavy (non-hydrogen) atoms. The van der Waals surface area contributed by atoms with E-state index in [-0.39, 0.29) is 5.82 Å². The summed E-state index contributed by atoms with van der Waals surface area (Å²) in [5.74, 6) is 0.531. The van der Waals surface area contributed by atoms with Crippen LogP contribution in [0.25, 0.3) is 0 Å². The van der Waals surface area contributed by atoms with E-state index in [4.69, 9.17) is 9.47 Å². The van der Waals surface area contributed by atoms with Crippen LogP contribution in [0.2, 0.25) is 0 Å². The Kier molecular flexibility index (Phi) is 4.05. The molecule has 6 heteroatoms. The molecule has 2 aromatic rings. The molecule has 0 amide bonds. The van der Waals surface area contributed by atoms with Crippen LogP contribution in [0.5, 0.6) is 0 Å². The Bertz CT molecular complexity index is 579. The number of benzene rings is 1. The molecule has 1 aromatic carbocycles. The summed E-state index contributed by atoms with van der Waals surface area (Å²) in [6, 6.07) is 6.49. The molecule has 0 saturated carbocycles. The molecule has 0 N–H and O–H groups in total. The van der Waals surface area contributed by atoms with Gasteiger partial charge in [-0.15, -0.1) is 11.8 Å². The molecular weight excluding hydrogens is 279 g/mol. The molecule has 1 fully saturated rings. The van der Waals surface area contributed by atoms with E-state index in [2.05, 4.69) is 4.98 Å². The zero-order valence-electron chi connectivity index (χ0n) is 11.1. The van der Waals surface area contributed by atoms with Crippen LogP contribution in [0.1, 0.15) is 17.7 Å². The third-order valence-electron chi connectivity index (χ3n) is 3.15. The highest BCUT2D eigenvalue weighted by atomic mass is 32.2. The molecule has 0 unspecified atom stereocenters. The van der Waals surface area contributed by atoms with Crippen molar-refractivity contribution in [1.29, 1.82) is 0 Å². The maximum absolute atomic E-state index is 13.0. The summed E-state index contributed by atoms with van der Waals surface area (Å²) in [6.07, 6.45) is 3.41. The lowest BCUT2D eigenvalue weighted by atomic mass is 10.2. The summed E-state index contributed by atoms with van der Waals surface area (Å²) in [4.78, 5) is 4.40. The number of ether oxygens (including phenoxy) is 2. The van der Waals surface area contributed by atoms with Crippen LogP contribution in [0.4, 0.5) is 4.39 Å². The first-order valence-corrected chi connectivity index (χ1v) is 7.57. The lowest BCUT2D eigenvalue weighted by molar-refractivity contribution is -0.0531. The van der Waals surface area contributed by atoms with Gasteiger partial charge in [-0.25, -0.2) is 9.37 Å². The van der Waals surface area contributed by atoms with Gasteiger partial charge in [0.25, 0.3) is 0 Å². The van der Waals surface area contributed by atoms with Crippen LogP contribution >= 0.6 is 11.8 Å². The Hall–Kier alpha value is -1.37. The van der Waals surface area contributed by atoms with Crippen molar-refractivity contribution in [1.82, 2.24) is 9.55 Å². The lowest BCUT2D eigenvalue weighted by Crippen LogP contribution is -2.11. The summed E-state index contributed by atoms with van der Waals surface area (Å²) in [6.45, 7) is 1.79. The molecule has 0 atom stereocenters. The van der Waals surface area contributed by atoms with E-state index in [1.807, 2.05) is 17.0 Å². The van der Waals surface area contributed by atoms with Crippen LogP contribution in [0.3, 0.4) is 0 Å². The molecule has 4 nitrogen and oxygen atoms in total. The monoisotopic (exact) mass is 294 g/mol. The molecule has 106 valence electrons. The Balaban J connectivity index is 1.90. The highest BCUT2D eigenvalue weighted by molar-refractivity contribution is 7.98. The fourth-order valence-corrected chi connectivity index (χ4v) is 2.70. The Labute approximate surface area is 120 Å². The SMILES string of the molecule is CSc1cnc(C2OCCO2)n1Cc1ccc(F)cc1. The van der Waals surface area contributed by atoms with Gasteiger partial charge in [-0.3, -0.25) is 0 Å². The first-order chi connectivity index (χ1) is 9.78. The normalized spacial score (nSPS) is 15.9. The molecule has 0 radical (unpaired) electrons. The van der Waals surface area contributed by atoms with Gasteiger partial charge in [0.2, 0.25) is 6.29 Å². The van der Waals surface area contributed by atoms with Crippen molar-refractivity contribution >= 4 is 11.8 Å². The van der Waals surface area contributed by atoms with Gasteiger partial charge in [0, 0.05) is 6.54 Å². The van der Waals surface area contributed by atoms with Crippen LogP contribution in [-0.4, -0.2) is 29.0 Å². The van der Waals surface area contributed by atoms with Crippen LogP contribution in [0, 0.1) is 5.82 Å². The Morgan fingerprint density at radius 1 is 1.30 bits per heavy atom. The smallest absolute Gasteiger partial charge is 0.217 e. The fourth-order valence-electron chi connectivity index (χ4n) is 2.16. The summed E-state index contributed by atoms with van der Waals surface area (Å²) in [5, 5.41) is 1.03. The predicted octanol–water partition coefficient (Wildman–Crippen LogP) is 2.84. The van der Waals surface area contributed by atoms with E-state index in [1.54, 1.807) is 23.9 Å². The average Bonchev–Trinajstić information content (AvgIpc) is 3.10. The molecule has 1 aliphatic rings. The third kappa shape index (κ3) is 2.72. The third-order valence-corrected chi connectivity index (χ3v) is 3.89. The van der Waals surface area contributed by atoms with E-state index in [0.29, 0.717) is 19.8 Å². The molecule has 0 bridgehead atoms. The number of aromatic nitrogens is 2. The van der Waals surface area contributed by atoms with E-state index < -0.39 is 6.29 Å². The van der Waals surface area contributed by atoms with Crippen LogP contribution in [-0.2, 0) is 16.0 Å². The quantitative estimate of drug-likeness (QED) is 0.813. The van der Waals surface area contributed by atoms with Gasteiger partial charge in [-0.2, -0.15) is 0 Å². The number of rotatable bonds is 4. The van der Waals surface area contributed by atoms with Crippen molar-refractivity contribution < 1.29 is 13.9 Å². The maximum atomic E-state index is 13.0. The topological polar surface area (TPSA) is 36.3 Å². The Morgan fingerprint density at radius 2 is 2.00 bits per heavy atom. The zero-order chi connectivity index (χ0) is 13.9. The fraction of sp³-hybridized carbons (Fsp3) is 0.357. The largest absolute Gasteiger partial charge is 0.343 e. The molecule has 0 spiro atoms. The molecular formula is C14H15FN2O2S. The summed E-state index contributed by atoms with van der Waals surface area (Å²) < 4.78 is 26.1. The van der Waals surface area contributed by atoms with E-state index >= 15 is 0 Å². The van der Waals surface area contributed by atoms with Crippen molar-refractivity contribution in [2.75, 3.05) is 19.5 Å². The molecule has 1 aliphatic heterocycles. The molecule has 0 aliphatic carbocycles. The molecule has 1 saturated heterocycles. The second-order valence-electron chi connectivity index (χ2n) is 4.44. The minimum Gasteiger partial charge on any atom is -0.343 e. The lowest BCUT2D eigenvalue weighted by Gasteiger charge is -2.14. The van der Waals surface area contributed by atoms with Gasteiger partial charge in [-0.1, -0.05) is 12.1 Å². The van der Waals surface area contributed by atoms with Gasteiger partial charge < -0.3 is 14.0 Å². The van der Waals surface area contributed by atoms with Crippen molar-refractivity contribution in [3.63, 3.8) is 0 Å². The highest BCUT2D eigenvalue weighted by Crippen LogP contribution is 2.27. The first-order valence-electron chi connectivity index (χ1n) is 6.35. The van der Waals surface area contributed by atoms with Crippen LogP contribution in [0.15, 0.2) is 35.5 Å². The average molecular weight is 294 g/mol. The van der Waals surface area contributed by atoms with Gasteiger partial charge >= 0.3 is 0 Å². The molecule has 3 rings (SSSR count). The first kappa shape index (κ1) is 13.6. The van der Waals surface area contributed by atoms with Gasteiger partial charge in [0.15, 0.2) is 5.82 Å². The van der Waals surface area contributed by atoms with E-state index in [9.17, 15) is 4.39 Å². The van der Waals surface area contributed by atoms with Crippen LogP contribution < -0.4 is 0 Å². The van der Waals surface area contributed by atoms with Crippen molar-refractivity contribution in [2.45, 2.75) is 17.9 Å². The summed E-state index contributed by atoms with van der Waals surface area (Å²) in [5.41, 5.74) is 1.01. The molecule has 1 aromatic heterocycles. The highest BCUT2D eigenvalue weighted by Gasteiger charge is 2.24. The van der Waals surface area contributed by atoms with Crippen molar-refractivity contribution in [2.24, 2.45) is 0 Å². The number of thioether (sulfide) groups is 1. The van der Waals surface area contributed by atoms with E-state index in [0.717, 1.165) is 16.4 Å². The minimum absolute atomic E-state index is 0.229. The second-order valence-corrected chi connectivity index (χ2v) is 5.27. The number of nitrogens with zero attached hydrogens (tertiary/aromatic N) is 2. The second kappa shape index (κ2) is 5.95. The predicted molar refractivity (Wildman–Crippen MR) is 74.2 cm³/mol. The number of imidazole rings is 1. The standard InChI is InChI=1S/C14H15FN2O2S/c1-20-12-8-16-13(14-18-6-7-19-14)17(12)9-10-2-4-11(15)5-3-10/h2-5,8,14H,6-7,9H2,1H3. The number of halogens is 1.